The lowest BCUT2D eigenvalue weighted by atomic mass is 9.96. The van der Waals surface area contributed by atoms with E-state index in [1.165, 1.54) is 6.42 Å². The van der Waals surface area contributed by atoms with Crippen molar-refractivity contribution in [3.63, 3.8) is 0 Å². The molecule has 0 radical (unpaired) electrons. The van der Waals surface area contributed by atoms with Gasteiger partial charge in [0.25, 0.3) is 5.91 Å². The number of amides is 1. The van der Waals surface area contributed by atoms with E-state index in [4.69, 9.17) is 4.52 Å². The second-order valence-corrected chi connectivity index (χ2v) is 7.99. The van der Waals surface area contributed by atoms with Crippen molar-refractivity contribution in [3.8, 4) is 5.75 Å². The van der Waals surface area contributed by atoms with Gasteiger partial charge in [0.15, 0.2) is 0 Å². The van der Waals surface area contributed by atoms with Crippen LogP contribution < -0.4 is 14.7 Å². The van der Waals surface area contributed by atoms with Gasteiger partial charge in [-0.05, 0) is 37.1 Å². The molecule has 1 saturated carbocycles. The Morgan fingerprint density at radius 2 is 1.52 bits per heavy atom. The van der Waals surface area contributed by atoms with Crippen LogP contribution in [-0.2, 0) is 4.57 Å². The first kappa shape index (κ1) is 17.7. The lowest BCUT2D eigenvalue weighted by Crippen LogP contribution is -2.37. The zero-order valence-corrected chi connectivity index (χ0v) is 15.0. The number of para-hydroxylation sites is 1. The van der Waals surface area contributed by atoms with Gasteiger partial charge in [0.1, 0.15) is 5.75 Å². The molecular formula is C19H23N2O3P. The molecule has 5 nitrogen and oxygen atoms in total. The smallest absolute Gasteiger partial charge is 0.418 e. The summed E-state index contributed by atoms with van der Waals surface area (Å²) in [6.45, 7) is 0. The molecule has 2 N–H and O–H groups in total. The minimum Gasteiger partial charge on any atom is -0.418 e. The quantitative estimate of drug-likeness (QED) is 0.745. The summed E-state index contributed by atoms with van der Waals surface area (Å²) in [4.78, 5) is 12.5. The fourth-order valence-electron chi connectivity index (χ4n) is 2.97. The van der Waals surface area contributed by atoms with Crippen LogP contribution in [0.2, 0.25) is 0 Å². The molecular weight excluding hydrogens is 335 g/mol. The Labute approximate surface area is 148 Å². The molecule has 0 aliphatic heterocycles. The van der Waals surface area contributed by atoms with E-state index in [0.29, 0.717) is 11.3 Å². The van der Waals surface area contributed by atoms with E-state index in [1.807, 2.05) is 12.1 Å². The van der Waals surface area contributed by atoms with Crippen molar-refractivity contribution < 1.29 is 13.9 Å². The molecule has 0 aromatic heterocycles. The molecule has 1 aliphatic carbocycles. The molecule has 132 valence electrons. The van der Waals surface area contributed by atoms with Crippen LogP contribution in [0, 0.1) is 0 Å². The zero-order chi connectivity index (χ0) is 17.5. The van der Waals surface area contributed by atoms with Crippen LogP contribution in [0.25, 0.3) is 0 Å². The van der Waals surface area contributed by atoms with E-state index in [1.54, 1.807) is 48.5 Å². The monoisotopic (exact) mass is 358 g/mol. The standard InChI is InChI=1S/C19H23N2O3P/c22-19(16-10-4-1-5-11-16)21-25(23,20-17-12-6-2-7-13-17)24-18-14-8-3-9-15-18/h1,3-5,8-11,14-15,17H,2,6-7,12-13H2,(H2,20,21,22,23). The fraction of sp³-hybridized carbons (Fsp3) is 0.316. The number of hydrogen-bond donors (Lipinski definition) is 2. The molecule has 3 rings (SSSR count). The van der Waals surface area contributed by atoms with Crippen molar-refractivity contribution in [2.24, 2.45) is 0 Å². The molecule has 25 heavy (non-hydrogen) atoms. The first-order valence-electron chi connectivity index (χ1n) is 8.65. The third-order valence-electron chi connectivity index (χ3n) is 4.22. The summed E-state index contributed by atoms with van der Waals surface area (Å²) >= 11 is 0. The van der Waals surface area contributed by atoms with Crippen LogP contribution in [0.3, 0.4) is 0 Å². The van der Waals surface area contributed by atoms with E-state index in [9.17, 15) is 9.36 Å². The molecule has 1 amide bonds. The van der Waals surface area contributed by atoms with Gasteiger partial charge in [-0.1, -0.05) is 55.7 Å². The second-order valence-electron chi connectivity index (χ2n) is 6.23. The Morgan fingerprint density at radius 1 is 0.920 bits per heavy atom. The second kappa shape index (κ2) is 8.32. The molecule has 1 aliphatic rings. The van der Waals surface area contributed by atoms with Crippen LogP contribution in [0.4, 0.5) is 0 Å². The molecule has 0 heterocycles. The van der Waals surface area contributed by atoms with E-state index in [0.717, 1.165) is 25.7 Å². The maximum Gasteiger partial charge on any atom is 0.419 e. The highest BCUT2D eigenvalue weighted by atomic mass is 31.2. The summed E-state index contributed by atoms with van der Waals surface area (Å²) < 4.78 is 19.1. The first-order chi connectivity index (χ1) is 12.1. The Bertz CT molecular complexity index is 731. The van der Waals surface area contributed by atoms with Crippen molar-refractivity contribution >= 4 is 13.6 Å². The van der Waals surface area contributed by atoms with Gasteiger partial charge in [0.05, 0.1) is 0 Å². The third-order valence-corrected chi connectivity index (χ3v) is 5.89. The van der Waals surface area contributed by atoms with E-state index >= 15 is 0 Å². The van der Waals surface area contributed by atoms with Crippen molar-refractivity contribution in [2.75, 3.05) is 0 Å². The SMILES string of the molecule is O=C(NP(=O)(NC1CCCCC1)Oc1ccccc1)c1ccccc1. The van der Waals surface area contributed by atoms with Gasteiger partial charge in [-0.25, -0.2) is 9.65 Å². The number of rotatable bonds is 6. The van der Waals surface area contributed by atoms with Gasteiger partial charge in [0, 0.05) is 11.6 Å². The van der Waals surface area contributed by atoms with E-state index in [2.05, 4.69) is 10.2 Å². The maximum absolute atomic E-state index is 13.4. The highest BCUT2D eigenvalue weighted by Crippen LogP contribution is 2.41. The van der Waals surface area contributed by atoms with Gasteiger partial charge in [-0.3, -0.25) is 9.88 Å². The van der Waals surface area contributed by atoms with Crippen LogP contribution in [-0.4, -0.2) is 11.9 Å². The predicted octanol–water partition coefficient (Wildman–Crippen LogP) is 4.53. The summed E-state index contributed by atoms with van der Waals surface area (Å²) in [5.41, 5.74) is 0.449. The maximum atomic E-state index is 13.4. The average molecular weight is 358 g/mol. The van der Waals surface area contributed by atoms with Crippen molar-refractivity contribution in [1.29, 1.82) is 0 Å². The lowest BCUT2D eigenvalue weighted by Gasteiger charge is -2.28. The first-order valence-corrected chi connectivity index (χ1v) is 10.3. The topological polar surface area (TPSA) is 67.4 Å². The molecule has 1 fully saturated rings. The van der Waals surface area contributed by atoms with Gasteiger partial charge in [0.2, 0.25) is 0 Å². The summed E-state index contributed by atoms with van der Waals surface area (Å²) in [6, 6.07) is 17.7. The third kappa shape index (κ3) is 5.18. The minimum absolute atomic E-state index is 0.0827. The molecule has 0 spiro atoms. The summed E-state index contributed by atoms with van der Waals surface area (Å²) in [7, 11) is -3.58. The normalized spacial score (nSPS) is 17.4. The van der Waals surface area contributed by atoms with Crippen LogP contribution in [0.15, 0.2) is 60.7 Å². The minimum atomic E-state index is -3.58. The Morgan fingerprint density at radius 3 is 2.16 bits per heavy atom. The molecule has 0 saturated heterocycles. The molecule has 1 unspecified atom stereocenters. The number of nitrogens with one attached hydrogen (secondary N) is 2. The zero-order valence-electron chi connectivity index (χ0n) is 14.1. The van der Waals surface area contributed by atoms with E-state index < -0.39 is 13.6 Å². The van der Waals surface area contributed by atoms with Crippen LogP contribution in [0.5, 0.6) is 5.75 Å². The Hall–Kier alpha value is -2.10. The highest BCUT2D eigenvalue weighted by molar-refractivity contribution is 7.56. The van der Waals surface area contributed by atoms with Crippen molar-refractivity contribution in [1.82, 2.24) is 10.2 Å². The largest absolute Gasteiger partial charge is 0.419 e. The van der Waals surface area contributed by atoms with Crippen molar-refractivity contribution in [2.45, 2.75) is 38.1 Å². The van der Waals surface area contributed by atoms with Crippen LogP contribution >= 0.6 is 7.67 Å². The average Bonchev–Trinajstić information content (AvgIpc) is 2.64. The molecule has 6 heteroatoms. The van der Waals surface area contributed by atoms with Gasteiger partial charge < -0.3 is 4.52 Å². The molecule has 1 atom stereocenters. The van der Waals surface area contributed by atoms with Gasteiger partial charge >= 0.3 is 7.67 Å². The molecule has 2 aromatic carbocycles. The fourth-order valence-corrected chi connectivity index (χ4v) is 4.69. The number of carbonyl (C=O) groups excluding carboxylic acids is 1. The Kier molecular flexibility index (Phi) is 5.90. The Balaban J connectivity index is 1.77. The predicted molar refractivity (Wildman–Crippen MR) is 98.6 cm³/mol. The number of carbonyl (C=O) groups is 1. The van der Waals surface area contributed by atoms with Gasteiger partial charge in [-0.2, -0.15) is 0 Å². The number of benzene rings is 2. The molecule has 2 aromatic rings. The van der Waals surface area contributed by atoms with E-state index in [-0.39, 0.29) is 6.04 Å². The van der Waals surface area contributed by atoms with Crippen LogP contribution in [0.1, 0.15) is 42.5 Å². The van der Waals surface area contributed by atoms with Crippen molar-refractivity contribution in [3.05, 3.63) is 66.2 Å². The summed E-state index contributed by atoms with van der Waals surface area (Å²) in [5.74, 6) is 0.0469. The molecule has 0 bridgehead atoms. The highest BCUT2D eigenvalue weighted by Gasteiger charge is 2.31. The number of hydrogen-bond acceptors (Lipinski definition) is 3. The summed E-state index contributed by atoms with van der Waals surface area (Å²) in [5, 5.41) is 5.67. The summed E-state index contributed by atoms with van der Waals surface area (Å²) in [6.07, 6.45) is 5.25. The lowest BCUT2D eigenvalue weighted by molar-refractivity contribution is 0.0976. The van der Waals surface area contributed by atoms with Gasteiger partial charge in [-0.15, -0.1) is 0 Å².